The zero-order valence-electron chi connectivity index (χ0n) is 18.9. The van der Waals surface area contributed by atoms with Crippen LogP contribution in [0.25, 0.3) is 22.2 Å². The molecule has 0 aliphatic carbocycles. The van der Waals surface area contributed by atoms with E-state index in [1.165, 1.54) is 0 Å². The number of nitrogens with zero attached hydrogens (tertiary/aromatic N) is 3. The van der Waals surface area contributed by atoms with Gasteiger partial charge in [0.15, 0.2) is 7.14 Å². The van der Waals surface area contributed by atoms with E-state index >= 15 is 4.57 Å². The summed E-state index contributed by atoms with van der Waals surface area (Å²) in [6.45, 7) is 0. The molecule has 0 spiro atoms. The molecule has 3 heterocycles. The zero-order valence-corrected chi connectivity index (χ0v) is 19.8. The molecule has 5 aromatic rings. The summed E-state index contributed by atoms with van der Waals surface area (Å²) in [5, 5.41) is 3.85. The summed E-state index contributed by atoms with van der Waals surface area (Å²) in [6, 6.07) is 32.9. The van der Waals surface area contributed by atoms with Crippen molar-refractivity contribution in [2.45, 2.75) is 0 Å². The lowest BCUT2D eigenvalue weighted by Crippen LogP contribution is -2.43. The maximum Gasteiger partial charge on any atom is 0.179 e. The van der Waals surface area contributed by atoms with E-state index in [-0.39, 0.29) is 0 Å². The highest BCUT2D eigenvalue weighted by atomic mass is 31.2. The summed E-state index contributed by atoms with van der Waals surface area (Å²) in [5.41, 5.74) is 6.83. The summed E-state index contributed by atoms with van der Waals surface area (Å²) < 4.78 is 15.2. The van der Waals surface area contributed by atoms with Crippen molar-refractivity contribution in [1.82, 2.24) is 4.98 Å². The third-order valence-corrected chi connectivity index (χ3v) is 10.4. The highest BCUT2D eigenvalue weighted by Gasteiger charge is 2.46. The van der Waals surface area contributed by atoms with E-state index in [9.17, 15) is 0 Å². The molecule has 2 aliphatic rings. The van der Waals surface area contributed by atoms with Gasteiger partial charge in [-0.1, -0.05) is 48.5 Å². The molecule has 1 aromatic heterocycles. The molecule has 164 valence electrons. The molecular formula is C29H22N3OP. The minimum absolute atomic E-state index is 0.906. The normalized spacial score (nSPS) is 15.0. The fourth-order valence-electron chi connectivity index (χ4n) is 5.47. The number of anilines is 4. The van der Waals surface area contributed by atoms with Gasteiger partial charge >= 0.3 is 0 Å². The average molecular weight is 459 g/mol. The Kier molecular flexibility index (Phi) is 3.92. The molecule has 0 unspecified atom stereocenters. The van der Waals surface area contributed by atoms with Crippen LogP contribution in [0.4, 0.5) is 22.7 Å². The van der Waals surface area contributed by atoms with Crippen molar-refractivity contribution in [3.63, 3.8) is 0 Å². The maximum atomic E-state index is 15.2. The lowest BCUT2D eigenvalue weighted by molar-refractivity contribution is 0.592. The van der Waals surface area contributed by atoms with Crippen LogP contribution in [0.3, 0.4) is 0 Å². The third kappa shape index (κ3) is 2.44. The van der Waals surface area contributed by atoms with Gasteiger partial charge in [-0.3, -0.25) is 0 Å². The van der Waals surface area contributed by atoms with Crippen LogP contribution in [0.2, 0.25) is 0 Å². The molecule has 0 saturated heterocycles. The zero-order chi connectivity index (χ0) is 23.0. The maximum absolute atomic E-state index is 15.2. The number of pyridine rings is 1. The standard InChI is InChI=1S/C29H22N3OP/c1-31-23-11-5-7-13-27(23)34(33)28-14-8-6-12-24(28)32(2)26-18-20(17-25(31)29(26)34)22-16-15-19-9-3-4-10-21(19)30-22/h3-18H,1-2H3. The molecule has 0 N–H and O–H groups in total. The van der Waals surface area contributed by atoms with Crippen LogP contribution in [0.1, 0.15) is 0 Å². The Labute approximate surface area is 198 Å². The molecule has 4 aromatic carbocycles. The highest BCUT2D eigenvalue weighted by Crippen LogP contribution is 2.58. The molecule has 0 bridgehead atoms. The van der Waals surface area contributed by atoms with Crippen LogP contribution < -0.4 is 25.7 Å². The molecule has 5 heteroatoms. The Morgan fingerprint density at radius 1 is 0.647 bits per heavy atom. The van der Waals surface area contributed by atoms with Gasteiger partial charge in [0.1, 0.15) is 0 Å². The predicted octanol–water partition coefficient (Wildman–Crippen LogP) is 5.70. The van der Waals surface area contributed by atoms with Crippen LogP contribution in [0.15, 0.2) is 97.1 Å². The van der Waals surface area contributed by atoms with E-state index in [0.29, 0.717) is 0 Å². The van der Waals surface area contributed by atoms with Gasteiger partial charge in [-0.05, 0) is 48.5 Å². The molecule has 34 heavy (non-hydrogen) atoms. The van der Waals surface area contributed by atoms with Gasteiger partial charge in [0.25, 0.3) is 0 Å². The number of hydrogen-bond donors (Lipinski definition) is 0. The minimum atomic E-state index is -3.04. The second kappa shape index (κ2) is 6.82. The molecule has 2 aliphatic heterocycles. The minimum Gasteiger partial charge on any atom is -0.343 e. The van der Waals surface area contributed by atoms with Gasteiger partial charge in [0, 0.05) is 35.7 Å². The number of benzene rings is 4. The van der Waals surface area contributed by atoms with Crippen LogP contribution in [0, 0.1) is 0 Å². The highest BCUT2D eigenvalue weighted by molar-refractivity contribution is 7.86. The topological polar surface area (TPSA) is 36.4 Å². The van der Waals surface area contributed by atoms with Crippen molar-refractivity contribution < 1.29 is 4.57 Å². The summed E-state index contributed by atoms with van der Waals surface area (Å²) >= 11 is 0. The molecule has 0 amide bonds. The molecule has 4 nitrogen and oxygen atoms in total. The largest absolute Gasteiger partial charge is 0.343 e. The quantitative estimate of drug-likeness (QED) is 0.301. The average Bonchev–Trinajstić information content (AvgIpc) is 2.90. The molecule has 0 fully saturated rings. The van der Waals surface area contributed by atoms with Crippen molar-refractivity contribution in [2.75, 3.05) is 23.9 Å². The lowest BCUT2D eigenvalue weighted by Gasteiger charge is -2.43. The Hall–Kier alpha value is -3.88. The first kappa shape index (κ1) is 19.6. The first-order valence-corrected chi connectivity index (χ1v) is 13.1. The lowest BCUT2D eigenvalue weighted by atomic mass is 10.1. The SMILES string of the molecule is CN1c2ccccc2P2(=O)c3ccccc3N(C)c3cc(-c4ccc5ccccc5n4)cc1c32. The smallest absolute Gasteiger partial charge is 0.179 e. The predicted molar refractivity (Wildman–Crippen MR) is 143 cm³/mol. The van der Waals surface area contributed by atoms with Gasteiger partial charge in [0.05, 0.1) is 39.3 Å². The Morgan fingerprint density at radius 2 is 1.21 bits per heavy atom. The molecular weight excluding hydrogens is 437 g/mol. The number of fused-ring (bicyclic) bond motifs is 5. The fraction of sp³-hybridized carbons (Fsp3) is 0.0690. The van der Waals surface area contributed by atoms with E-state index in [4.69, 9.17) is 4.98 Å². The van der Waals surface area contributed by atoms with E-state index in [0.717, 1.165) is 60.8 Å². The van der Waals surface area contributed by atoms with Gasteiger partial charge in [0.2, 0.25) is 0 Å². The van der Waals surface area contributed by atoms with Gasteiger partial charge < -0.3 is 14.4 Å². The molecule has 7 rings (SSSR count). The summed E-state index contributed by atoms with van der Waals surface area (Å²) in [7, 11) is 1.09. The number of aromatic nitrogens is 1. The van der Waals surface area contributed by atoms with E-state index in [1.54, 1.807) is 0 Å². The van der Waals surface area contributed by atoms with Crippen LogP contribution >= 0.6 is 7.14 Å². The molecule has 0 saturated carbocycles. The first-order valence-electron chi connectivity index (χ1n) is 11.4. The van der Waals surface area contributed by atoms with Crippen molar-refractivity contribution in [3.05, 3.63) is 97.1 Å². The summed E-state index contributed by atoms with van der Waals surface area (Å²) in [5.74, 6) is 0. The number of para-hydroxylation sites is 3. The summed E-state index contributed by atoms with van der Waals surface area (Å²) in [6.07, 6.45) is 0. The second-order valence-electron chi connectivity index (χ2n) is 8.96. The Morgan fingerprint density at radius 3 is 1.85 bits per heavy atom. The van der Waals surface area contributed by atoms with Crippen molar-refractivity contribution >= 4 is 56.7 Å². The third-order valence-electron chi connectivity index (χ3n) is 7.17. The fourth-order valence-corrected chi connectivity index (χ4v) is 8.97. The van der Waals surface area contributed by atoms with E-state index in [2.05, 4.69) is 66.4 Å². The Balaban J connectivity index is 1.57. The second-order valence-corrected chi connectivity index (χ2v) is 11.6. The molecule has 0 radical (unpaired) electrons. The monoisotopic (exact) mass is 459 g/mol. The number of hydrogen-bond acceptors (Lipinski definition) is 4. The molecule has 0 atom stereocenters. The van der Waals surface area contributed by atoms with E-state index < -0.39 is 7.14 Å². The van der Waals surface area contributed by atoms with Crippen LogP contribution in [-0.2, 0) is 4.57 Å². The van der Waals surface area contributed by atoms with Gasteiger partial charge in [-0.25, -0.2) is 4.98 Å². The van der Waals surface area contributed by atoms with Crippen LogP contribution in [0.5, 0.6) is 0 Å². The van der Waals surface area contributed by atoms with Crippen molar-refractivity contribution in [2.24, 2.45) is 0 Å². The first-order chi connectivity index (χ1) is 16.6. The van der Waals surface area contributed by atoms with Crippen LogP contribution in [-0.4, -0.2) is 19.1 Å². The van der Waals surface area contributed by atoms with Gasteiger partial charge in [-0.2, -0.15) is 0 Å². The van der Waals surface area contributed by atoms with Crippen molar-refractivity contribution in [3.8, 4) is 11.3 Å². The van der Waals surface area contributed by atoms with Crippen molar-refractivity contribution in [1.29, 1.82) is 0 Å². The summed E-state index contributed by atoms with van der Waals surface area (Å²) in [4.78, 5) is 9.31. The Bertz CT molecular complexity index is 1610. The van der Waals surface area contributed by atoms with Gasteiger partial charge in [-0.15, -0.1) is 0 Å². The van der Waals surface area contributed by atoms with E-state index in [1.807, 2.05) is 54.6 Å². The number of rotatable bonds is 1.